The summed E-state index contributed by atoms with van der Waals surface area (Å²) in [6.45, 7) is 1.82. The molecule has 20 heavy (non-hydrogen) atoms. The molecule has 5 nitrogen and oxygen atoms in total. The molecular formula is C14H22N2O3S. The van der Waals surface area contributed by atoms with Gasteiger partial charge in [0.2, 0.25) is 5.91 Å². The van der Waals surface area contributed by atoms with Crippen molar-refractivity contribution >= 4 is 21.4 Å². The van der Waals surface area contributed by atoms with Crippen LogP contribution in [0.2, 0.25) is 0 Å². The number of hydrogen-bond acceptors (Lipinski definition) is 4. The molecule has 0 heterocycles. The fraction of sp³-hybridized carbons (Fsp3) is 0.500. The first-order chi connectivity index (χ1) is 9.17. The third-order valence-electron chi connectivity index (χ3n) is 2.77. The van der Waals surface area contributed by atoms with Crippen LogP contribution >= 0.6 is 0 Å². The van der Waals surface area contributed by atoms with Gasteiger partial charge >= 0.3 is 0 Å². The average Bonchev–Trinajstić information content (AvgIpc) is 2.28. The summed E-state index contributed by atoms with van der Waals surface area (Å²) >= 11 is 0. The predicted molar refractivity (Wildman–Crippen MR) is 81.6 cm³/mol. The first kappa shape index (κ1) is 16.5. The molecule has 6 heteroatoms. The predicted octanol–water partition coefficient (Wildman–Crippen LogP) is 1.16. The van der Waals surface area contributed by atoms with Crippen molar-refractivity contribution in [2.24, 2.45) is 0 Å². The van der Waals surface area contributed by atoms with Gasteiger partial charge in [-0.25, -0.2) is 8.42 Å². The molecule has 0 aliphatic heterocycles. The second-order valence-electron chi connectivity index (χ2n) is 5.30. The van der Waals surface area contributed by atoms with Gasteiger partial charge in [-0.15, -0.1) is 0 Å². The summed E-state index contributed by atoms with van der Waals surface area (Å²) in [6, 6.07) is 7.31. The molecule has 0 fully saturated rings. The minimum Gasteiger partial charge on any atom is -0.382 e. The highest BCUT2D eigenvalue weighted by Crippen LogP contribution is 2.12. The van der Waals surface area contributed by atoms with Crippen LogP contribution in [0.3, 0.4) is 0 Å². The minimum absolute atomic E-state index is 0.0520. The highest BCUT2D eigenvalue weighted by atomic mass is 32.2. The van der Waals surface area contributed by atoms with E-state index in [0.29, 0.717) is 6.42 Å². The zero-order valence-electron chi connectivity index (χ0n) is 12.4. The lowest BCUT2D eigenvalue weighted by molar-refractivity contribution is -0.127. The number of hydrogen-bond donors (Lipinski definition) is 1. The molecule has 0 aliphatic rings. The highest BCUT2D eigenvalue weighted by Gasteiger charge is 2.10. The number of nitrogens with zero attached hydrogens (tertiary/aromatic N) is 1. The summed E-state index contributed by atoms with van der Waals surface area (Å²) < 4.78 is 22.4. The van der Waals surface area contributed by atoms with Crippen LogP contribution < -0.4 is 5.32 Å². The number of amides is 1. The van der Waals surface area contributed by atoms with Crippen molar-refractivity contribution in [2.75, 3.05) is 31.4 Å². The third-order valence-corrected chi connectivity index (χ3v) is 3.88. The Morgan fingerprint density at radius 2 is 1.80 bits per heavy atom. The van der Waals surface area contributed by atoms with Crippen LogP contribution in [-0.4, -0.2) is 51.4 Å². The van der Waals surface area contributed by atoms with E-state index in [1.165, 1.54) is 6.26 Å². The van der Waals surface area contributed by atoms with E-state index < -0.39 is 9.84 Å². The SMILES string of the molecule is CC(CS(C)(=O)=O)Nc1ccc(CC(=O)N(C)C)cc1. The van der Waals surface area contributed by atoms with Gasteiger partial charge in [-0.1, -0.05) is 12.1 Å². The fourth-order valence-electron chi connectivity index (χ4n) is 1.83. The lowest BCUT2D eigenvalue weighted by atomic mass is 10.1. The summed E-state index contributed by atoms with van der Waals surface area (Å²) in [7, 11) is 0.465. The van der Waals surface area contributed by atoms with Crippen LogP contribution in [0.1, 0.15) is 12.5 Å². The maximum atomic E-state index is 11.6. The summed E-state index contributed by atoms with van der Waals surface area (Å²) in [4.78, 5) is 13.1. The van der Waals surface area contributed by atoms with E-state index in [4.69, 9.17) is 0 Å². The number of rotatable bonds is 6. The quantitative estimate of drug-likeness (QED) is 0.856. The lowest BCUT2D eigenvalue weighted by Gasteiger charge is -2.15. The van der Waals surface area contributed by atoms with Crippen molar-refractivity contribution in [1.29, 1.82) is 0 Å². The highest BCUT2D eigenvalue weighted by molar-refractivity contribution is 7.90. The standard InChI is InChI=1S/C14H22N2O3S/c1-11(10-20(4,18)19)15-13-7-5-12(6-8-13)9-14(17)16(2)3/h5-8,11,15H,9-10H2,1-4H3. The van der Waals surface area contributed by atoms with Crippen LogP contribution in [0.15, 0.2) is 24.3 Å². The minimum atomic E-state index is -2.99. The van der Waals surface area contributed by atoms with E-state index in [1.54, 1.807) is 19.0 Å². The smallest absolute Gasteiger partial charge is 0.226 e. The molecule has 1 aromatic rings. The molecule has 1 rings (SSSR count). The van der Waals surface area contributed by atoms with Crippen LogP contribution in [-0.2, 0) is 21.1 Å². The van der Waals surface area contributed by atoms with Crippen molar-refractivity contribution in [2.45, 2.75) is 19.4 Å². The summed E-state index contributed by atoms with van der Waals surface area (Å²) in [5.74, 6) is 0.143. The molecule has 0 spiro atoms. The van der Waals surface area contributed by atoms with Gasteiger partial charge in [-0.05, 0) is 24.6 Å². The second kappa shape index (κ2) is 6.74. The van der Waals surface area contributed by atoms with Crippen molar-refractivity contribution in [3.05, 3.63) is 29.8 Å². The van der Waals surface area contributed by atoms with E-state index in [1.807, 2.05) is 31.2 Å². The van der Waals surface area contributed by atoms with Crippen molar-refractivity contribution in [3.8, 4) is 0 Å². The third kappa shape index (κ3) is 6.06. The number of carbonyl (C=O) groups excluding carboxylic acids is 1. The second-order valence-corrected chi connectivity index (χ2v) is 7.48. The number of sulfone groups is 1. The van der Waals surface area contributed by atoms with E-state index in [0.717, 1.165) is 11.3 Å². The number of benzene rings is 1. The maximum absolute atomic E-state index is 11.6. The molecule has 1 atom stereocenters. The largest absolute Gasteiger partial charge is 0.382 e. The Morgan fingerprint density at radius 3 is 2.25 bits per heavy atom. The average molecular weight is 298 g/mol. The van der Waals surface area contributed by atoms with Crippen molar-refractivity contribution in [1.82, 2.24) is 4.90 Å². The monoisotopic (exact) mass is 298 g/mol. The molecule has 0 saturated carbocycles. The van der Waals surface area contributed by atoms with Crippen molar-refractivity contribution < 1.29 is 13.2 Å². The molecule has 1 unspecified atom stereocenters. The topological polar surface area (TPSA) is 66.5 Å². The Labute approximate surface area is 120 Å². The molecular weight excluding hydrogens is 276 g/mol. The van der Waals surface area contributed by atoms with Gasteiger partial charge in [0.1, 0.15) is 9.84 Å². The zero-order valence-corrected chi connectivity index (χ0v) is 13.2. The number of anilines is 1. The Kier molecular flexibility index (Phi) is 5.56. The van der Waals surface area contributed by atoms with E-state index in [2.05, 4.69) is 5.32 Å². The van der Waals surface area contributed by atoms with Gasteiger partial charge in [0.05, 0.1) is 12.2 Å². The van der Waals surface area contributed by atoms with Gasteiger partial charge < -0.3 is 10.2 Å². The summed E-state index contributed by atoms with van der Waals surface area (Å²) in [6.07, 6.45) is 1.59. The van der Waals surface area contributed by atoms with Crippen LogP contribution in [0.4, 0.5) is 5.69 Å². The van der Waals surface area contributed by atoms with Gasteiger partial charge in [0, 0.05) is 32.1 Å². The van der Waals surface area contributed by atoms with Crippen LogP contribution in [0, 0.1) is 0 Å². The number of likely N-dealkylation sites (N-methyl/N-ethyl adjacent to an activating group) is 1. The molecule has 0 aliphatic carbocycles. The Hall–Kier alpha value is -1.56. The molecule has 0 aromatic heterocycles. The zero-order chi connectivity index (χ0) is 15.3. The van der Waals surface area contributed by atoms with Crippen molar-refractivity contribution in [3.63, 3.8) is 0 Å². The Morgan fingerprint density at radius 1 is 1.25 bits per heavy atom. The van der Waals surface area contributed by atoms with Crippen LogP contribution in [0.25, 0.3) is 0 Å². The molecule has 0 bridgehead atoms. The van der Waals surface area contributed by atoms with Gasteiger partial charge in [0.15, 0.2) is 0 Å². The molecule has 112 valence electrons. The van der Waals surface area contributed by atoms with E-state index in [-0.39, 0.29) is 17.7 Å². The fourth-order valence-corrected chi connectivity index (χ4v) is 2.82. The van der Waals surface area contributed by atoms with E-state index >= 15 is 0 Å². The van der Waals surface area contributed by atoms with Gasteiger partial charge in [-0.2, -0.15) is 0 Å². The van der Waals surface area contributed by atoms with Crippen LogP contribution in [0.5, 0.6) is 0 Å². The van der Waals surface area contributed by atoms with Gasteiger partial charge in [-0.3, -0.25) is 4.79 Å². The number of nitrogens with one attached hydrogen (secondary N) is 1. The Balaban J connectivity index is 2.61. The Bertz CT molecular complexity index is 550. The summed E-state index contributed by atoms with van der Waals surface area (Å²) in [5, 5.41) is 3.13. The molecule has 1 amide bonds. The first-order valence-electron chi connectivity index (χ1n) is 6.41. The molecule has 0 saturated heterocycles. The molecule has 1 aromatic carbocycles. The molecule has 0 radical (unpaired) electrons. The molecule has 1 N–H and O–H groups in total. The maximum Gasteiger partial charge on any atom is 0.226 e. The summed E-state index contributed by atoms with van der Waals surface area (Å²) in [5.41, 5.74) is 1.78. The first-order valence-corrected chi connectivity index (χ1v) is 8.47. The van der Waals surface area contributed by atoms with E-state index in [9.17, 15) is 13.2 Å². The van der Waals surface area contributed by atoms with Gasteiger partial charge in [0.25, 0.3) is 0 Å². The lowest BCUT2D eigenvalue weighted by Crippen LogP contribution is -2.25. The number of carbonyl (C=O) groups is 1. The normalized spacial score (nSPS) is 12.8.